The third-order valence-corrected chi connectivity index (χ3v) is 4.02. The minimum absolute atomic E-state index is 0.0403. The molecule has 27 heavy (non-hydrogen) atoms. The molecule has 0 aliphatic heterocycles. The zero-order valence-electron chi connectivity index (χ0n) is 14.6. The molecule has 0 saturated carbocycles. The number of likely N-dealkylation sites (N-methyl/N-ethyl adjacent to an activating group) is 1. The van der Waals surface area contributed by atoms with E-state index in [0.717, 1.165) is 0 Å². The van der Waals surface area contributed by atoms with Gasteiger partial charge in [-0.25, -0.2) is 9.97 Å². The lowest BCUT2D eigenvalue weighted by molar-refractivity contribution is -0.122. The number of benzene rings is 1. The maximum absolute atomic E-state index is 12.0. The van der Waals surface area contributed by atoms with Crippen LogP contribution in [0.4, 0.5) is 17.3 Å². The lowest BCUT2D eigenvalue weighted by atomic mass is 10.3. The highest BCUT2D eigenvalue weighted by Crippen LogP contribution is 2.27. The summed E-state index contributed by atoms with van der Waals surface area (Å²) in [7, 11) is 0. The molecular weight excluding hydrogens is 395 g/mol. The van der Waals surface area contributed by atoms with E-state index in [-0.39, 0.29) is 24.7 Å². The lowest BCUT2D eigenvalue weighted by Crippen LogP contribution is -2.35. The molecule has 2 aromatic rings. The monoisotopic (exact) mass is 414 g/mol. The molecule has 0 radical (unpaired) electrons. The number of hydrogen-bond donors (Lipinski definition) is 4. The number of anilines is 3. The Morgan fingerprint density at radius 3 is 2.81 bits per heavy atom. The van der Waals surface area contributed by atoms with Crippen molar-refractivity contribution in [2.75, 3.05) is 42.4 Å². The van der Waals surface area contributed by atoms with Crippen molar-refractivity contribution < 1.29 is 14.6 Å². The van der Waals surface area contributed by atoms with Crippen LogP contribution in [0.1, 0.15) is 6.92 Å². The van der Waals surface area contributed by atoms with Crippen LogP contribution < -0.4 is 26.2 Å². The van der Waals surface area contributed by atoms with Gasteiger partial charge in [-0.2, -0.15) is 0 Å². The minimum Gasteiger partial charge on any atom is -0.482 e. The van der Waals surface area contributed by atoms with Gasteiger partial charge in [0, 0.05) is 18.1 Å². The summed E-state index contributed by atoms with van der Waals surface area (Å²) in [5.74, 6) is 0.558. The van der Waals surface area contributed by atoms with Crippen LogP contribution in [0.5, 0.6) is 5.75 Å². The van der Waals surface area contributed by atoms with Crippen LogP contribution in [0.3, 0.4) is 0 Å². The fraction of sp³-hybridized carbons (Fsp3) is 0.312. The average Bonchev–Trinajstić information content (AvgIpc) is 2.65. The fourth-order valence-electron chi connectivity index (χ4n) is 2.17. The summed E-state index contributed by atoms with van der Waals surface area (Å²) in [6.45, 7) is 2.56. The zero-order chi connectivity index (χ0) is 19.8. The Kier molecular flexibility index (Phi) is 7.71. The van der Waals surface area contributed by atoms with Crippen molar-refractivity contribution in [3.8, 4) is 5.75 Å². The number of nitrogens with one attached hydrogen (secondary N) is 2. The first-order valence-corrected chi connectivity index (χ1v) is 8.80. The Balaban J connectivity index is 1.94. The number of rotatable bonds is 9. The SMILES string of the molecule is CCN(CCO)c1ncnc(NNC(=O)COc2ccc(Cl)cc2Cl)c1N. The Morgan fingerprint density at radius 2 is 2.15 bits per heavy atom. The van der Waals surface area contributed by atoms with E-state index in [2.05, 4.69) is 20.8 Å². The number of nitrogens with zero attached hydrogens (tertiary/aromatic N) is 3. The second kappa shape index (κ2) is 10.0. The Labute approximate surface area is 166 Å². The van der Waals surface area contributed by atoms with Crippen molar-refractivity contribution in [1.82, 2.24) is 15.4 Å². The van der Waals surface area contributed by atoms with Gasteiger partial charge in [0.1, 0.15) is 17.8 Å². The van der Waals surface area contributed by atoms with Crippen molar-refractivity contribution >= 4 is 46.4 Å². The summed E-state index contributed by atoms with van der Waals surface area (Å²) in [4.78, 5) is 21.9. The Hall–Kier alpha value is -2.49. The van der Waals surface area contributed by atoms with Crippen molar-refractivity contribution in [3.05, 3.63) is 34.6 Å². The summed E-state index contributed by atoms with van der Waals surface area (Å²) < 4.78 is 5.34. The van der Waals surface area contributed by atoms with E-state index in [0.29, 0.717) is 34.7 Å². The fourth-order valence-corrected chi connectivity index (χ4v) is 2.64. The molecular formula is C16H20Cl2N6O3. The number of nitrogen functional groups attached to an aromatic ring is 1. The van der Waals surface area contributed by atoms with Gasteiger partial charge in [0.2, 0.25) is 0 Å². The first-order chi connectivity index (χ1) is 13.0. The highest BCUT2D eigenvalue weighted by Gasteiger charge is 2.14. The van der Waals surface area contributed by atoms with Crippen molar-refractivity contribution in [2.24, 2.45) is 0 Å². The molecule has 11 heteroatoms. The van der Waals surface area contributed by atoms with E-state index in [1.165, 1.54) is 12.4 Å². The van der Waals surface area contributed by atoms with Crippen LogP contribution in [0.15, 0.2) is 24.5 Å². The van der Waals surface area contributed by atoms with Crippen molar-refractivity contribution in [3.63, 3.8) is 0 Å². The van der Waals surface area contributed by atoms with Crippen LogP contribution in [-0.2, 0) is 4.79 Å². The van der Waals surface area contributed by atoms with Crippen LogP contribution >= 0.6 is 23.2 Å². The Bertz CT molecular complexity index is 793. The molecule has 0 fully saturated rings. The number of ether oxygens (including phenoxy) is 1. The Morgan fingerprint density at radius 1 is 1.37 bits per heavy atom. The zero-order valence-corrected chi connectivity index (χ0v) is 16.1. The van der Waals surface area contributed by atoms with Gasteiger partial charge in [-0.15, -0.1) is 0 Å². The smallest absolute Gasteiger partial charge is 0.276 e. The van der Waals surface area contributed by atoms with Gasteiger partial charge in [0.25, 0.3) is 5.91 Å². The lowest BCUT2D eigenvalue weighted by Gasteiger charge is -2.23. The molecule has 146 valence electrons. The van der Waals surface area contributed by atoms with E-state index in [4.69, 9.17) is 38.8 Å². The summed E-state index contributed by atoms with van der Waals surface area (Å²) in [5, 5.41) is 9.89. The topological polar surface area (TPSA) is 126 Å². The number of hydrazine groups is 1. The summed E-state index contributed by atoms with van der Waals surface area (Å²) >= 11 is 11.8. The van der Waals surface area contributed by atoms with Gasteiger partial charge in [0.05, 0.1) is 11.6 Å². The van der Waals surface area contributed by atoms with Crippen LogP contribution in [-0.4, -0.2) is 47.3 Å². The molecule has 1 heterocycles. The predicted octanol–water partition coefficient (Wildman–Crippen LogP) is 1.71. The number of aliphatic hydroxyl groups excluding tert-OH is 1. The maximum atomic E-state index is 12.0. The molecule has 5 N–H and O–H groups in total. The standard InChI is InChI=1S/C16H20Cl2N6O3/c1-2-24(5-6-25)16-14(19)15(20-9-21-16)23-22-13(26)8-27-12-4-3-10(17)7-11(12)18/h3-4,7,9,25H,2,5-6,8,19H2,1H3,(H,22,26)(H,20,21,23). The third-order valence-electron chi connectivity index (χ3n) is 3.49. The molecule has 0 atom stereocenters. The van der Waals surface area contributed by atoms with Gasteiger partial charge < -0.3 is 20.5 Å². The predicted molar refractivity (Wildman–Crippen MR) is 105 cm³/mol. The van der Waals surface area contributed by atoms with E-state index < -0.39 is 5.91 Å². The van der Waals surface area contributed by atoms with Crippen LogP contribution in [0, 0.1) is 0 Å². The summed E-state index contributed by atoms with van der Waals surface area (Å²) in [5.41, 5.74) is 11.4. The minimum atomic E-state index is -0.469. The van der Waals surface area contributed by atoms with E-state index in [9.17, 15) is 4.79 Å². The molecule has 1 aromatic carbocycles. The molecule has 1 aromatic heterocycles. The maximum Gasteiger partial charge on any atom is 0.276 e. The molecule has 0 saturated heterocycles. The molecule has 0 unspecified atom stereocenters. The first-order valence-electron chi connectivity index (χ1n) is 8.05. The molecule has 2 rings (SSSR count). The van der Waals surface area contributed by atoms with Gasteiger partial charge in [-0.05, 0) is 25.1 Å². The second-order valence-corrected chi connectivity index (χ2v) is 6.14. The quantitative estimate of drug-likeness (QED) is 0.456. The molecule has 0 aliphatic rings. The molecule has 1 amide bonds. The molecule has 9 nitrogen and oxygen atoms in total. The van der Waals surface area contributed by atoms with E-state index in [1.54, 1.807) is 17.0 Å². The number of amides is 1. The summed E-state index contributed by atoms with van der Waals surface area (Å²) in [6.07, 6.45) is 1.31. The van der Waals surface area contributed by atoms with Gasteiger partial charge >= 0.3 is 0 Å². The largest absolute Gasteiger partial charge is 0.482 e. The number of aromatic nitrogens is 2. The van der Waals surface area contributed by atoms with Crippen molar-refractivity contribution in [2.45, 2.75) is 6.92 Å². The van der Waals surface area contributed by atoms with Gasteiger partial charge in [-0.3, -0.25) is 15.6 Å². The third kappa shape index (κ3) is 5.75. The summed E-state index contributed by atoms with van der Waals surface area (Å²) in [6, 6.07) is 4.69. The van der Waals surface area contributed by atoms with Gasteiger partial charge in [0.15, 0.2) is 18.2 Å². The highest BCUT2D eigenvalue weighted by molar-refractivity contribution is 6.35. The average molecular weight is 415 g/mol. The van der Waals surface area contributed by atoms with Gasteiger partial charge in [-0.1, -0.05) is 23.2 Å². The van der Waals surface area contributed by atoms with Crippen LogP contribution in [0.2, 0.25) is 10.0 Å². The first kappa shape index (κ1) is 20.8. The number of halogens is 2. The normalized spacial score (nSPS) is 10.4. The number of aliphatic hydroxyl groups is 1. The second-order valence-electron chi connectivity index (χ2n) is 5.30. The van der Waals surface area contributed by atoms with Crippen LogP contribution in [0.25, 0.3) is 0 Å². The van der Waals surface area contributed by atoms with E-state index in [1.807, 2.05) is 6.92 Å². The van der Waals surface area contributed by atoms with E-state index >= 15 is 0 Å². The molecule has 0 aliphatic carbocycles. The van der Waals surface area contributed by atoms with Crippen molar-refractivity contribution in [1.29, 1.82) is 0 Å². The molecule has 0 bridgehead atoms. The number of carbonyl (C=O) groups excluding carboxylic acids is 1. The highest BCUT2D eigenvalue weighted by atomic mass is 35.5. The number of hydrogen-bond acceptors (Lipinski definition) is 8. The molecule has 0 spiro atoms. The number of nitrogens with two attached hydrogens (primary N) is 1. The number of carbonyl (C=O) groups is 1.